The molecule has 0 radical (unpaired) electrons. The molecule has 0 unspecified atom stereocenters. The number of halogens is 3. The Morgan fingerprint density at radius 1 is 1.16 bits per heavy atom. The van der Waals surface area contributed by atoms with E-state index in [4.69, 9.17) is 27.6 Å². The van der Waals surface area contributed by atoms with Gasteiger partial charge in [-0.15, -0.1) is 0 Å². The van der Waals surface area contributed by atoms with E-state index in [0.717, 1.165) is 4.47 Å². The third kappa shape index (κ3) is 3.81. The summed E-state index contributed by atoms with van der Waals surface area (Å²) in [5.41, 5.74) is 2.64. The number of aromatic amines is 1. The fraction of sp³-hybridized carbons (Fsp3) is 0.0455. The van der Waals surface area contributed by atoms with Gasteiger partial charge in [0.15, 0.2) is 0 Å². The van der Waals surface area contributed by atoms with Crippen molar-refractivity contribution < 1.29 is 9.21 Å². The average Bonchev–Trinajstić information content (AvgIpc) is 3.34. The van der Waals surface area contributed by atoms with Crippen LogP contribution in [-0.2, 0) is 0 Å². The Morgan fingerprint density at radius 2 is 1.94 bits per heavy atom. The predicted molar refractivity (Wildman–Crippen MR) is 130 cm³/mol. The average molecular weight is 531 g/mol. The predicted octanol–water partition coefficient (Wildman–Crippen LogP) is 7.08. The Hall–Kier alpha value is -3.07. The fourth-order valence-electron chi connectivity index (χ4n) is 3.39. The monoisotopic (exact) mass is 529 g/mol. The van der Waals surface area contributed by atoms with Gasteiger partial charge in [-0.2, -0.15) is 0 Å². The van der Waals surface area contributed by atoms with Gasteiger partial charge in [-0.3, -0.25) is 4.79 Å². The molecule has 1 amide bonds. The molecule has 32 heavy (non-hydrogen) atoms. The third-order valence-corrected chi connectivity index (χ3v) is 5.89. The molecule has 3 aromatic heterocycles. The number of aryl methyl sites for hydroxylation is 1. The minimum Gasteiger partial charge on any atom is -0.460 e. The van der Waals surface area contributed by atoms with Crippen molar-refractivity contribution in [3.8, 4) is 0 Å². The van der Waals surface area contributed by atoms with Gasteiger partial charge in [0.05, 0.1) is 26.8 Å². The maximum atomic E-state index is 13.0. The molecule has 160 valence electrons. The van der Waals surface area contributed by atoms with Crippen molar-refractivity contribution in [3.05, 3.63) is 74.5 Å². The van der Waals surface area contributed by atoms with Crippen LogP contribution in [0.25, 0.3) is 22.0 Å². The maximum Gasteiger partial charge on any atom is 0.260 e. The molecule has 0 aliphatic rings. The molecule has 3 heterocycles. The van der Waals surface area contributed by atoms with Crippen molar-refractivity contribution in [3.63, 3.8) is 0 Å². The van der Waals surface area contributed by atoms with Crippen LogP contribution in [0.2, 0.25) is 10.0 Å². The van der Waals surface area contributed by atoms with E-state index < -0.39 is 0 Å². The van der Waals surface area contributed by atoms with Crippen molar-refractivity contribution in [1.82, 2.24) is 15.0 Å². The molecular weight excluding hydrogens is 517 g/mol. The molecule has 0 saturated heterocycles. The number of fused-ring (bicyclic) bond motifs is 3. The zero-order chi connectivity index (χ0) is 22.4. The standard InChI is InChI=1S/C22H14BrCl2N5O2/c1-10-7-12-18-16(27-22(29-18)30-19-14(24)3-2-4-15(19)25)8-13(20(12)32-10)21(31)28-17-6-5-11(23)9-26-17/h2-9H,1H3,(H,26,28,31)(H2,27,29,30). The second-order valence-electron chi connectivity index (χ2n) is 7.04. The number of imidazole rings is 1. The summed E-state index contributed by atoms with van der Waals surface area (Å²) in [6, 6.07) is 12.3. The van der Waals surface area contributed by atoms with Gasteiger partial charge in [-0.25, -0.2) is 9.97 Å². The number of furan rings is 1. The van der Waals surface area contributed by atoms with Crippen molar-refractivity contribution >= 4 is 84.5 Å². The first-order valence-electron chi connectivity index (χ1n) is 9.46. The topological polar surface area (TPSA) is 95.8 Å². The number of rotatable bonds is 4. The molecule has 0 aliphatic heterocycles. The Morgan fingerprint density at radius 3 is 2.66 bits per heavy atom. The second-order valence-corrected chi connectivity index (χ2v) is 8.77. The van der Waals surface area contributed by atoms with Crippen LogP contribution in [0, 0.1) is 6.92 Å². The summed E-state index contributed by atoms with van der Waals surface area (Å²) in [5, 5.41) is 7.55. The first-order chi connectivity index (χ1) is 15.4. The second kappa shape index (κ2) is 8.12. The zero-order valence-electron chi connectivity index (χ0n) is 16.5. The normalized spacial score (nSPS) is 11.2. The van der Waals surface area contributed by atoms with Crippen LogP contribution in [0.5, 0.6) is 0 Å². The fourth-order valence-corrected chi connectivity index (χ4v) is 4.12. The number of carbonyl (C=O) groups is 1. The van der Waals surface area contributed by atoms with E-state index in [-0.39, 0.29) is 5.91 Å². The number of pyridine rings is 1. The lowest BCUT2D eigenvalue weighted by Crippen LogP contribution is -2.13. The number of nitrogens with one attached hydrogen (secondary N) is 3. The van der Waals surface area contributed by atoms with Crippen LogP contribution < -0.4 is 10.6 Å². The number of carbonyl (C=O) groups excluding carboxylic acids is 1. The van der Waals surface area contributed by atoms with Crippen LogP contribution in [0.3, 0.4) is 0 Å². The van der Waals surface area contributed by atoms with Crippen LogP contribution in [0.1, 0.15) is 16.1 Å². The van der Waals surface area contributed by atoms with Crippen LogP contribution in [-0.4, -0.2) is 20.9 Å². The quantitative estimate of drug-likeness (QED) is 0.231. The molecule has 2 aromatic carbocycles. The molecule has 0 atom stereocenters. The van der Waals surface area contributed by atoms with Gasteiger partial charge in [-0.05, 0) is 59.3 Å². The minimum atomic E-state index is -0.348. The van der Waals surface area contributed by atoms with Crippen molar-refractivity contribution in [2.24, 2.45) is 0 Å². The maximum absolute atomic E-state index is 13.0. The smallest absolute Gasteiger partial charge is 0.260 e. The van der Waals surface area contributed by atoms with E-state index >= 15 is 0 Å². The van der Waals surface area contributed by atoms with Crippen molar-refractivity contribution in [2.75, 3.05) is 10.6 Å². The Bertz CT molecular complexity index is 1470. The number of H-pyrrole nitrogens is 1. The van der Waals surface area contributed by atoms with Crippen LogP contribution >= 0.6 is 39.1 Å². The number of aromatic nitrogens is 3. The highest BCUT2D eigenvalue weighted by Crippen LogP contribution is 2.35. The molecule has 0 saturated carbocycles. The summed E-state index contributed by atoms with van der Waals surface area (Å²) in [5.74, 6) is 1.17. The van der Waals surface area contributed by atoms with E-state index in [0.29, 0.717) is 60.8 Å². The van der Waals surface area contributed by atoms with Crippen LogP contribution in [0.15, 0.2) is 57.6 Å². The Labute approximate surface area is 200 Å². The molecule has 0 bridgehead atoms. The van der Waals surface area contributed by atoms with Gasteiger partial charge in [0.1, 0.15) is 22.7 Å². The molecule has 0 spiro atoms. The van der Waals surface area contributed by atoms with Gasteiger partial charge in [0.2, 0.25) is 5.95 Å². The van der Waals surface area contributed by atoms with Crippen molar-refractivity contribution in [1.29, 1.82) is 0 Å². The summed E-state index contributed by atoms with van der Waals surface area (Å²) < 4.78 is 6.66. The van der Waals surface area contributed by atoms with Gasteiger partial charge in [0.25, 0.3) is 5.91 Å². The summed E-state index contributed by atoms with van der Waals surface area (Å²) in [4.78, 5) is 25.1. The summed E-state index contributed by atoms with van der Waals surface area (Å²) >= 11 is 15.9. The molecule has 0 aliphatic carbocycles. The first kappa shape index (κ1) is 20.8. The first-order valence-corrected chi connectivity index (χ1v) is 11.0. The molecule has 5 rings (SSSR count). The molecule has 0 fully saturated rings. The summed E-state index contributed by atoms with van der Waals surface area (Å²) in [6.07, 6.45) is 1.61. The van der Waals surface area contributed by atoms with E-state index in [9.17, 15) is 4.79 Å². The Kier molecular flexibility index (Phi) is 5.28. The summed E-state index contributed by atoms with van der Waals surface area (Å²) in [6.45, 7) is 1.82. The number of anilines is 3. The largest absolute Gasteiger partial charge is 0.460 e. The number of nitrogens with zero attached hydrogens (tertiary/aromatic N) is 2. The minimum absolute atomic E-state index is 0.348. The highest BCUT2D eigenvalue weighted by atomic mass is 79.9. The zero-order valence-corrected chi connectivity index (χ0v) is 19.6. The van der Waals surface area contributed by atoms with Gasteiger partial charge >= 0.3 is 0 Å². The molecule has 10 heteroatoms. The number of hydrogen-bond donors (Lipinski definition) is 3. The lowest BCUT2D eigenvalue weighted by atomic mass is 10.1. The molecule has 3 N–H and O–H groups in total. The van der Waals surface area contributed by atoms with Crippen LogP contribution in [0.4, 0.5) is 17.5 Å². The van der Waals surface area contributed by atoms with E-state index in [1.165, 1.54) is 0 Å². The number of amides is 1. The van der Waals surface area contributed by atoms with Crippen molar-refractivity contribution in [2.45, 2.75) is 6.92 Å². The molecule has 7 nitrogen and oxygen atoms in total. The van der Waals surface area contributed by atoms with E-state index in [1.54, 1.807) is 42.6 Å². The highest BCUT2D eigenvalue weighted by molar-refractivity contribution is 9.10. The third-order valence-electron chi connectivity index (χ3n) is 4.80. The summed E-state index contributed by atoms with van der Waals surface area (Å²) in [7, 11) is 0. The number of benzene rings is 2. The van der Waals surface area contributed by atoms with E-state index in [1.807, 2.05) is 13.0 Å². The van der Waals surface area contributed by atoms with Gasteiger partial charge < -0.3 is 20.0 Å². The lowest BCUT2D eigenvalue weighted by molar-refractivity contribution is 0.102. The number of hydrogen-bond acceptors (Lipinski definition) is 5. The molecular formula is C22H14BrCl2N5O2. The van der Waals surface area contributed by atoms with Gasteiger partial charge in [-0.1, -0.05) is 29.3 Å². The van der Waals surface area contributed by atoms with Gasteiger partial charge in [0, 0.05) is 16.1 Å². The lowest BCUT2D eigenvalue weighted by Gasteiger charge is -2.07. The SMILES string of the molecule is Cc1cc2c(o1)c(C(=O)Nc1ccc(Br)cn1)cc1[nH]c(Nc3c(Cl)cccc3Cl)nc12. The highest BCUT2D eigenvalue weighted by Gasteiger charge is 2.20. The van der Waals surface area contributed by atoms with E-state index in [2.05, 4.69) is 41.5 Å². The molecule has 5 aromatic rings. The Balaban J connectivity index is 1.58. The number of para-hydroxylation sites is 1.